The number of rotatable bonds is 2. The van der Waals surface area contributed by atoms with Gasteiger partial charge in [-0.15, -0.1) is 0 Å². The summed E-state index contributed by atoms with van der Waals surface area (Å²) in [7, 11) is 1.70. The highest BCUT2D eigenvalue weighted by Gasteiger charge is 2.52. The highest BCUT2D eigenvalue weighted by molar-refractivity contribution is 5.83. The second-order valence-electron chi connectivity index (χ2n) is 7.27. The number of carbonyl (C=O) groups excluding carboxylic acids is 2. The van der Waals surface area contributed by atoms with Crippen molar-refractivity contribution in [3.8, 4) is 0 Å². The standard InChI is InChI=1S/C15H26N2O3/c1-13(2,3)20-12(19)17-15-8-5-14(6-9-15,7-10-15)11(18)16-4/h5-10H2,1-4H3,(H,16,18)(H,17,19). The number of fused-ring (bicyclic) bond motifs is 3. The Morgan fingerprint density at radius 1 is 1.00 bits per heavy atom. The van der Waals surface area contributed by atoms with E-state index in [-0.39, 0.29) is 23.0 Å². The van der Waals surface area contributed by atoms with Crippen LogP contribution in [0.2, 0.25) is 0 Å². The smallest absolute Gasteiger partial charge is 0.408 e. The van der Waals surface area contributed by atoms with Gasteiger partial charge in [-0.25, -0.2) is 4.79 Å². The lowest BCUT2D eigenvalue weighted by molar-refractivity contribution is -0.137. The summed E-state index contributed by atoms with van der Waals surface area (Å²) in [6.45, 7) is 5.59. The van der Waals surface area contributed by atoms with Crippen LogP contribution in [-0.4, -0.2) is 30.2 Å². The molecule has 0 aromatic carbocycles. The quantitative estimate of drug-likeness (QED) is 0.817. The highest BCUT2D eigenvalue weighted by Crippen LogP contribution is 2.52. The van der Waals surface area contributed by atoms with Gasteiger partial charge in [-0.2, -0.15) is 0 Å². The molecule has 0 heterocycles. The maximum absolute atomic E-state index is 12.0. The van der Waals surface area contributed by atoms with Crippen LogP contribution in [0, 0.1) is 5.41 Å². The number of carbonyl (C=O) groups is 2. The van der Waals surface area contributed by atoms with Crippen LogP contribution in [0.1, 0.15) is 59.3 Å². The van der Waals surface area contributed by atoms with Gasteiger partial charge >= 0.3 is 6.09 Å². The summed E-state index contributed by atoms with van der Waals surface area (Å²) in [5.41, 5.74) is -0.847. The molecule has 0 saturated heterocycles. The molecule has 2 amide bonds. The molecule has 0 radical (unpaired) electrons. The highest BCUT2D eigenvalue weighted by atomic mass is 16.6. The summed E-state index contributed by atoms with van der Waals surface area (Å²) < 4.78 is 5.35. The number of hydrogen-bond donors (Lipinski definition) is 2. The molecule has 20 heavy (non-hydrogen) atoms. The van der Waals surface area contributed by atoms with Gasteiger partial charge in [0.1, 0.15) is 5.60 Å². The topological polar surface area (TPSA) is 67.4 Å². The van der Waals surface area contributed by atoms with Gasteiger partial charge in [0.2, 0.25) is 5.91 Å². The molecule has 5 nitrogen and oxygen atoms in total. The second-order valence-corrected chi connectivity index (χ2v) is 7.27. The average Bonchev–Trinajstić information content (AvgIpc) is 2.37. The molecule has 3 aliphatic rings. The molecule has 0 atom stereocenters. The van der Waals surface area contributed by atoms with E-state index in [0.717, 1.165) is 38.5 Å². The Bertz CT molecular complexity index is 387. The van der Waals surface area contributed by atoms with Crippen LogP contribution in [-0.2, 0) is 9.53 Å². The molecule has 5 heteroatoms. The van der Waals surface area contributed by atoms with Crippen LogP contribution in [0.3, 0.4) is 0 Å². The second kappa shape index (κ2) is 4.93. The first-order valence-corrected chi connectivity index (χ1v) is 7.44. The normalized spacial score (nSPS) is 32.6. The molecule has 3 fully saturated rings. The fraction of sp³-hybridized carbons (Fsp3) is 0.867. The minimum atomic E-state index is -0.476. The first kappa shape index (κ1) is 15.1. The van der Waals surface area contributed by atoms with Crippen molar-refractivity contribution in [3.05, 3.63) is 0 Å². The van der Waals surface area contributed by atoms with E-state index in [0.29, 0.717) is 0 Å². The first-order valence-electron chi connectivity index (χ1n) is 7.44. The summed E-state index contributed by atoms with van der Waals surface area (Å²) in [6.07, 6.45) is 4.79. The van der Waals surface area contributed by atoms with Crippen molar-refractivity contribution >= 4 is 12.0 Å². The summed E-state index contributed by atoms with van der Waals surface area (Å²) in [5, 5.41) is 5.84. The van der Waals surface area contributed by atoms with E-state index in [2.05, 4.69) is 10.6 Å². The summed E-state index contributed by atoms with van der Waals surface area (Å²) in [5.74, 6) is 0.156. The zero-order valence-corrected chi connectivity index (χ0v) is 13.0. The maximum Gasteiger partial charge on any atom is 0.408 e. The van der Waals surface area contributed by atoms with Crippen LogP contribution >= 0.6 is 0 Å². The lowest BCUT2D eigenvalue weighted by Gasteiger charge is -2.52. The lowest BCUT2D eigenvalue weighted by atomic mass is 9.57. The summed E-state index contributed by atoms with van der Waals surface area (Å²) >= 11 is 0. The molecule has 0 unspecified atom stereocenters. The van der Waals surface area contributed by atoms with Crippen molar-refractivity contribution in [3.63, 3.8) is 0 Å². The van der Waals surface area contributed by atoms with Gasteiger partial charge in [-0.3, -0.25) is 4.79 Å². The van der Waals surface area contributed by atoms with E-state index in [1.165, 1.54) is 0 Å². The zero-order chi connectivity index (χ0) is 15.0. The van der Waals surface area contributed by atoms with Gasteiger partial charge in [0, 0.05) is 18.0 Å². The van der Waals surface area contributed by atoms with Gasteiger partial charge in [0.05, 0.1) is 0 Å². The third-order valence-electron chi connectivity index (χ3n) is 4.72. The third kappa shape index (κ3) is 2.91. The van der Waals surface area contributed by atoms with Crippen LogP contribution in [0.4, 0.5) is 4.79 Å². The Balaban J connectivity index is 1.97. The van der Waals surface area contributed by atoms with E-state index < -0.39 is 5.60 Å². The molecule has 2 N–H and O–H groups in total. The molecular formula is C15H26N2O3. The Hall–Kier alpha value is -1.26. The fourth-order valence-electron chi connectivity index (χ4n) is 3.50. The number of amides is 2. The molecule has 3 saturated carbocycles. The molecule has 3 aliphatic carbocycles. The van der Waals surface area contributed by atoms with E-state index in [4.69, 9.17) is 4.74 Å². The monoisotopic (exact) mass is 282 g/mol. The number of hydrogen-bond acceptors (Lipinski definition) is 3. The molecule has 3 rings (SSSR count). The van der Waals surface area contributed by atoms with Gasteiger partial charge in [0.15, 0.2) is 0 Å². The zero-order valence-electron chi connectivity index (χ0n) is 13.0. The minimum Gasteiger partial charge on any atom is -0.444 e. The van der Waals surface area contributed by atoms with Crippen LogP contribution in [0.25, 0.3) is 0 Å². The first-order chi connectivity index (χ1) is 9.20. The minimum absolute atomic E-state index is 0.156. The number of ether oxygens (including phenoxy) is 1. The fourth-order valence-corrected chi connectivity index (χ4v) is 3.50. The van der Waals surface area contributed by atoms with Crippen molar-refractivity contribution in [2.45, 2.75) is 70.4 Å². The van der Waals surface area contributed by atoms with Crippen LogP contribution < -0.4 is 10.6 Å². The van der Waals surface area contributed by atoms with E-state index in [9.17, 15) is 9.59 Å². The van der Waals surface area contributed by atoms with E-state index in [1.807, 2.05) is 20.8 Å². The van der Waals surface area contributed by atoms with Gasteiger partial charge in [-0.05, 0) is 59.3 Å². The third-order valence-corrected chi connectivity index (χ3v) is 4.72. The Kier molecular flexibility index (Phi) is 3.73. The predicted molar refractivity (Wildman–Crippen MR) is 76.3 cm³/mol. The van der Waals surface area contributed by atoms with E-state index in [1.54, 1.807) is 7.05 Å². The molecule has 114 valence electrons. The summed E-state index contributed by atoms with van der Waals surface area (Å²) in [4.78, 5) is 24.0. The van der Waals surface area contributed by atoms with Crippen molar-refractivity contribution in [1.29, 1.82) is 0 Å². The van der Waals surface area contributed by atoms with Crippen LogP contribution in [0.5, 0.6) is 0 Å². The lowest BCUT2D eigenvalue weighted by Crippen LogP contribution is -2.60. The van der Waals surface area contributed by atoms with Gasteiger partial charge in [-0.1, -0.05) is 0 Å². The Morgan fingerprint density at radius 2 is 1.50 bits per heavy atom. The predicted octanol–water partition coefficient (Wildman–Crippen LogP) is 2.35. The Labute approximate surface area is 120 Å². The largest absolute Gasteiger partial charge is 0.444 e. The SMILES string of the molecule is CNC(=O)C12CCC(NC(=O)OC(C)(C)C)(CC1)CC2. The number of alkyl carbamates (subject to hydrolysis) is 1. The molecule has 2 bridgehead atoms. The average molecular weight is 282 g/mol. The van der Waals surface area contributed by atoms with Crippen molar-refractivity contribution in [1.82, 2.24) is 10.6 Å². The molecule has 0 spiro atoms. The molecule has 0 aromatic heterocycles. The van der Waals surface area contributed by atoms with E-state index >= 15 is 0 Å². The van der Waals surface area contributed by atoms with Gasteiger partial charge < -0.3 is 15.4 Å². The molecular weight excluding hydrogens is 256 g/mol. The summed E-state index contributed by atoms with van der Waals surface area (Å²) in [6, 6.07) is 0. The number of nitrogens with one attached hydrogen (secondary N) is 2. The molecule has 0 aromatic rings. The van der Waals surface area contributed by atoms with Crippen LogP contribution in [0.15, 0.2) is 0 Å². The Morgan fingerprint density at radius 3 is 1.90 bits per heavy atom. The van der Waals surface area contributed by atoms with Crippen molar-refractivity contribution in [2.75, 3.05) is 7.05 Å². The molecule has 0 aliphatic heterocycles. The van der Waals surface area contributed by atoms with Gasteiger partial charge in [0.25, 0.3) is 0 Å². The van der Waals surface area contributed by atoms with Crippen molar-refractivity contribution < 1.29 is 14.3 Å². The maximum atomic E-state index is 12.0. The van der Waals surface area contributed by atoms with Crippen molar-refractivity contribution in [2.24, 2.45) is 5.41 Å².